The molecule has 0 atom stereocenters. The largest absolute Gasteiger partial charge is 0.278 e. The maximum absolute atomic E-state index is 6.08. The number of hydrogen-bond donors (Lipinski definition) is 1. The normalized spacial score (nSPS) is 11.1. The third-order valence-electron chi connectivity index (χ3n) is 3.21. The lowest BCUT2D eigenvalue weighted by atomic mass is 10.1. The molecule has 0 amide bonds. The minimum Gasteiger partial charge on any atom is -0.278 e. The van der Waals surface area contributed by atoms with Crippen molar-refractivity contribution in [3.63, 3.8) is 0 Å². The maximum Gasteiger partial charge on any atom is 0.0702 e. The lowest BCUT2D eigenvalue weighted by Crippen LogP contribution is -1.91. The van der Waals surface area contributed by atoms with Crippen molar-refractivity contribution in [2.45, 2.75) is 6.92 Å². The van der Waals surface area contributed by atoms with E-state index in [1.165, 1.54) is 0 Å². The molecular formula is C17H14ClN3. The first kappa shape index (κ1) is 13.6. The summed E-state index contributed by atoms with van der Waals surface area (Å²) in [6.45, 7) is 1.97. The van der Waals surface area contributed by atoms with Crippen molar-refractivity contribution in [1.82, 2.24) is 4.98 Å². The van der Waals surface area contributed by atoms with Crippen LogP contribution in [-0.2, 0) is 0 Å². The lowest BCUT2D eigenvalue weighted by Gasteiger charge is -2.03. The number of nitrogens with one attached hydrogen (secondary N) is 1. The van der Waals surface area contributed by atoms with E-state index in [1.807, 2.05) is 49.4 Å². The van der Waals surface area contributed by atoms with Crippen LogP contribution in [0.1, 0.15) is 11.1 Å². The van der Waals surface area contributed by atoms with Crippen LogP contribution in [0.25, 0.3) is 10.9 Å². The molecule has 3 rings (SSSR count). The molecule has 2 aromatic carbocycles. The summed E-state index contributed by atoms with van der Waals surface area (Å²) < 4.78 is 0. The fourth-order valence-electron chi connectivity index (χ4n) is 2.02. The Morgan fingerprint density at radius 1 is 1.14 bits per heavy atom. The first-order valence-electron chi connectivity index (χ1n) is 6.62. The van der Waals surface area contributed by atoms with Gasteiger partial charge in [0.15, 0.2) is 0 Å². The standard InChI is InChI=1S/C17H14ClN3/c1-12-4-6-15(10-16(12)18)21-20-11-13-5-7-17-14(9-13)3-2-8-19-17/h2-11,21H,1H3/b20-11+. The summed E-state index contributed by atoms with van der Waals surface area (Å²) in [5.74, 6) is 0. The Hall–Kier alpha value is -2.39. The Labute approximate surface area is 128 Å². The van der Waals surface area contributed by atoms with E-state index in [0.717, 1.165) is 32.7 Å². The second kappa shape index (κ2) is 5.94. The molecule has 4 heteroatoms. The second-order valence-corrected chi connectivity index (χ2v) is 5.20. The third-order valence-corrected chi connectivity index (χ3v) is 3.61. The molecule has 0 aliphatic carbocycles. The Balaban J connectivity index is 1.76. The van der Waals surface area contributed by atoms with Gasteiger partial charge < -0.3 is 0 Å². The highest BCUT2D eigenvalue weighted by Gasteiger charge is 1.97. The molecule has 0 saturated carbocycles. The number of hydrogen-bond acceptors (Lipinski definition) is 3. The van der Waals surface area contributed by atoms with E-state index in [-0.39, 0.29) is 0 Å². The zero-order chi connectivity index (χ0) is 14.7. The SMILES string of the molecule is Cc1ccc(N/N=C/c2ccc3ncccc3c2)cc1Cl. The molecule has 0 radical (unpaired) electrons. The van der Waals surface area contributed by atoms with Gasteiger partial charge in [0, 0.05) is 16.6 Å². The van der Waals surface area contributed by atoms with E-state index in [4.69, 9.17) is 11.6 Å². The average molecular weight is 296 g/mol. The zero-order valence-electron chi connectivity index (χ0n) is 11.5. The Morgan fingerprint density at radius 2 is 2.05 bits per heavy atom. The summed E-state index contributed by atoms with van der Waals surface area (Å²) in [6.07, 6.45) is 3.57. The van der Waals surface area contributed by atoms with Gasteiger partial charge in [-0.3, -0.25) is 10.4 Å². The smallest absolute Gasteiger partial charge is 0.0702 e. The van der Waals surface area contributed by atoms with Crippen LogP contribution in [0.4, 0.5) is 5.69 Å². The summed E-state index contributed by atoms with van der Waals surface area (Å²) in [6, 6.07) is 15.8. The van der Waals surface area contributed by atoms with E-state index in [2.05, 4.69) is 21.6 Å². The van der Waals surface area contributed by atoms with E-state index in [1.54, 1.807) is 12.4 Å². The molecule has 1 aromatic heterocycles. The van der Waals surface area contributed by atoms with E-state index in [0.29, 0.717) is 0 Å². The molecular weight excluding hydrogens is 282 g/mol. The Kier molecular flexibility index (Phi) is 3.84. The highest BCUT2D eigenvalue weighted by molar-refractivity contribution is 6.31. The van der Waals surface area contributed by atoms with Crippen LogP contribution >= 0.6 is 11.6 Å². The lowest BCUT2D eigenvalue weighted by molar-refractivity contribution is 1.34. The average Bonchev–Trinajstić information content (AvgIpc) is 2.51. The van der Waals surface area contributed by atoms with Crippen LogP contribution in [0.2, 0.25) is 5.02 Å². The minimum absolute atomic E-state index is 0.729. The highest BCUT2D eigenvalue weighted by atomic mass is 35.5. The van der Waals surface area contributed by atoms with Crippen LogP contribution in [0.3, 0.4) is 0 Å². The molecule has 21 heavy (non-hydrogen) atoms. The molecule has 104 valence electrons. The Bertz CT molecular complexity index is 812. The van der Waals surface area contributed by atoms with Crippen molar-refractivity contribution < 1.29 is 0 Å². The molecule has 0 unspecified atom stereocenters. The quantitative estimate of drug-likeness (QED) is 0.564. The first-order valence-corrected chi connectivity index (χ1v) is 7.00. The van der Waals surface area contributed by atoms with Gasteiger partial charge in [-0.1, -0.05) is 29.8 Å². The van der Waals surface area contributed by atoms with Gasteiger partial charge in [0.25, 0.3) is 0 Å². The fourth-order valence-corrected chi connectivity index (χ4v) is 2.20. The van der Waals surface area contributed by atoms with E-state index < -0.39 is 0 Å². The number of aryl methyl sites for hydroxylation is 1. The summed E-state index contributed by atoms with van der Waals surface area (Å²) in [5, 5.41) is 6.06. The molecule has 3 aromatic rings. The van der Waals surface area contributed by atoms with Gasteiger partial charge in [-0.2, -0.15) is 5.10 Å². The van der Waals surface area contributed by atoms with Gasteiger partial charge in [-0.15, -0.1) is 0 Å². The van der Waals surface area contributed by atoms with Gasteiger partial charge in [-0.05, 0) is 48.4 Å². The number of anilines is 1. The van der Waals surface area contributed by atoms with E-state index in [9.17, 15) is 0 Å². The van der Waals surface area contributed by atoms with Crippen molar-refractivity contribution in [3.05, 3.63) is 70.9 Å². The van der Waals surface area contributed by atoms with Gasteiger partial charge >= 0.3 is 0 Å². The highest BCUT2D eigenvalue weighted by Crippen LogP contribution is 2.20. The van der Waals surface area contributed by atoms with Crippen molar-refractivity contribution in [2.75, 3.05) is 5.43 Å². The van der Waals surface area contributed by atoms with Gasteiger partial charge in [-0.25, -0.2) is 0 Å². The van der Waals surface area contributed by atoms with Crippen molar-refractivity contribution >= 4 is 34.4 Å². The first-order chi connectivity index (χ1) is 10.2. The second-order valence-electron chi connectivity index (χ2n) is 4.79. The molecule has 0 aliphatic heterocycles. The molecule has 0 spiro atoms. The number of fused-ring (bicyclic) bond motifs is 1. The topological polar surface area (TPSA) is 37.3 Å². The van der Waals surface area contributed by atoms with Crippen LogP contribution < -0.4 is 5.43 Å². The minimum atomic E-state index is 0.729. The van der Waals surface area contributed by atoms with Crippen molar-refractivity contribution in [1.29, 1.82) is 0 Å². The number of benzene rings is 2. The van der Waals surface area contributed by atoms with Gasteiger partial charge in [0.2, 0.25) is 0 Å². The summed E-state index contributed by atoms with van der Waals surface area (Å²) in [7, 11) is 0. The number of hydrazone groups is 1. The zero-order valence-corrected chi connectivity index (χ0v) is 12.3. The molecule has 1 heterocycles. The molecule has 0 aliphatic rings. The van der Waals surface area contributed by atoms with Crippen LogP contribution in [-0.4, -0.2) is 11.2 Å². The number of halogens is 1. The number of rotatable bonds is 3. The number of aromatic nitrogens is 1. The van der Waals surface area contributed by atoms with Crippen LogP contribution in [0.5, 0.6) is 0 Å². The Morgan fingerprint density at radius 3 is 2.90 bits per heavy atom. The summed E-state index contributed by atoms with van der Waals surface area (Å²) >= 11 is 6.08. The van der Waals surface area contributed by atoms with Crippen molar-refractivity contribution in [2.24, 2.45) is 5.10 Å². The predicted molar refractivity (Wildman–Crippen MR) is 89.1 cm³/mol. The van der Waals surface area contributed by atoms with Gasteiger partial charge in [0.1, 0.15) is 0 Å². The number of pyridine rings is 1. The molecule has 1 N–H and O–H groups in total. The number of nitrogens with zero attached hydrogens (tertiary/aromatic N) is 2. The van der Waals surface area contributed by atoms with Crippen molar-refractivity contribution in [3.8, 4) is 0 Å². The maximum atomic E-state index is 6.08. The predicted octanol–water partition coefficient (Wildman–Crippen LogP) is 4.64. The van der Waals surface area contributed by atoms with Crippen LogP contribution in [0.15, 0.2) is 59.8 Å². The molecule has 0 saturated heterocycles. The third kappa shape index (κ3) is 3.20. The molecule has 0 fully saturated rings. The van der Waals surface area contributed by atoms with Crippen LogP contribution in [0, 0.1) is 6.92 Å². The van der Waals surface area contributed by atoms with Gasteiger partial charge in [0.05, 0.1) is 17.4 Å². The summed E-state index contributed by atoms with van der Waals surface area (Å²) in [4.78, 5) is 4.29. The molecule has 3 nitrogen and oxygen atoms in total. The summed E-state index contributed by atoms with van der Waals surface area (Å²) in [5.41, 5.74) is 6.89. The fraction of sp³-hybridized carbons (Fsp3) is 0.0588. The monoisotopic (exact) mass is 295 g/mol. The van der Waals surface area contributed by atoms with E-state index >= 15 is 0 Å². The molecule has 0 bridgehead atoms.